The van der Waals surface area contributed by atoms with Crippen LogP contribution in [-0.4, -0.2) is 35.4 Å². The van der Waals surface area contributed by atoms with Crippen LogP contribution in [0.25, 0.3) is 0 Å². The van der Waals surface area contributed by atoms with Gasteiger partial charge >= 0.3 is 5.97 Å². The number of esters is 1. The summed E-state index contributed by atoms with van der Waals surface area (Å²) in [7, 11) is 1.74. The van der Waals surface area contributed by atoms with Crippen LogP contribution in [0.5, 0.6) is 0 Å². The van der Waals surface area contributed by atoms with E-state index in [1.165, 1.54) is 11.1 Å². The van der Waals surface area contributed by atoms with Gasteiger partial charge in [0.25, 0.3) is 0 Å². The Morgan fingerprint density at radius 1 is 1.03 bits per heavy atom. The molecule has 7 nitrogen and oxygen atoms in total. The zero-order chi connectivity index (χ0) is 21.2. The van der Waals surface area contributed by atoms with E-state index in [0.717, 1.165) is 12.1 Å². The SMILES string of the molecule is CCOC(=O)c1ccc(CNC(=NC)NCc2ccccc2Cn2cccn2)cc1.I. The molecular formula is C23H28IN5O2. The molecule has 0 saturated heterocycles. The highest BCUT2D eigenvalue weighted by Crippen LogP contribution is 2.10. The molecule has 164 valence electrons. The van der Waals surface area contributed by atoms with Crippen molar-refractivity contribution in [1.82, 2.24) is 20.4 Å². The first kappa shape index (κ1) is 24.4. The molecule has 0 aliphatic carbocycles. The van der Waals surface area contributed by atoms with Crippen LogP contribution in [0, 0.1) is 0 Å². The number of halogens is 1. The highest BCUT2D eigenvalue weighted by Gasteiger charge is 2.07. The number of rotatable bonds is 8. The van der Waals surface area contributed by atoms with E-state index in [1.54, 1.807) is 32.3 Å². The second-order valence-corrected chi connectivity index (χ2v) is 6.67. The van der Waals surface area contributed by atoms with Crippen molar-refractivity contribution in [2.24, 2.45) is 4.99 Å². The molecule has 3 aromatic rings. The van der Waals surface area contributed by atoms with E-state index in [2.05, 4.69) is 32.9 Å². The van der Waals surface area contributed by atoms with Gasteiger partial charge in [0.2, 0.25) is 0 Å². The van der Waals surface area contributed by atoms with Crippen LogP contribution in [0.4, 0.5) is 0 Å². The summed E-state index contributed by atoms with van der Waals surface area (Å²) in [6.07, 6.45) is 3.74. The van der Waals surface area contributed by atoms with Gasteiger partial charge in [0.05, 0.1) is 18.7 Å². The van der Waals surface area contributed by atoms with Gasteiger partial charge in [0.1, 0.15) is 0 Å². The number of guanidine groups is 1. The molecule has 31 heavy (non-hydrogen) atoms. The molecular weight excluding hydrogens is 505 g/mol. The minimum atomic E-state index is -0.303. The zero-order valence-electron chi connectivity index (χ0n) is 17.7. The van der Waals surface area contributed by atoms with Crippen LogP contribution in [0.2, 0.25) is 0 Å². The summed E-state index contributed by atoms with van der Waals surface area (Å²) in [6.45, 7) is 4.14. The number of hydrogen-bond donors (Lipinski definition) is 2. The minimum absolute atomic E-state index is 0. The van der Waals surface area contributed by atoms with Gasteiger partial charge in [-0.25, -0.2) is 4.79 Å². The third-order valence-corrected chi connectivity index (χ3v) is 4.60. The first-order valence-corrected chi connectivity index (χ1v) is 9.94. The van der Waals surface area contributed by atoms with Gasteiger partial charge in [-0.3, -0.25) is 9.67 Å². The molecule has 3 rings (SSSR count). The van der Waals surface area contributed by atoms with Gasteiger partial charge < -0.3 is 15.4 Å². The van der Waals surface area contributed by atoms with Crippen molar-refractivity contribution >= 4 is 35.9 Å². The summed E-state index contributed by atoms with van der Waals surface area (Å²) in [5.41, 5.74) is 4.00. The third kappa shape index (κ3) is 7.39. The van der Waals surface area contributed by atoms with Crippen molar-refractivity contribution in [2.45, 2.75) is 26.6 Å². The average Bonchev–Trinajstić information content (AvgIpc) is 3.28. The molecule has 0 bridgehead atoms. The van der Waals surface area contributed by atoms with Crippen molar-refractivity contribution in [1.29, 1.82) is 0 Å². The molecule has 1 heterocycles. The molecule has 0 radical (unpaired) electrons. The third-order valence-electron chi connectivity index (χ3n) is 4.60. The predicted molar refractivity (Wildman–Crippen MR) is 133 cm³/mol. The second-order valence-electron chi connectivity index (χ2n) is 6.67. The first-order chi connectivity index (χ1) is 14.7. The smallest absolute Gasteiger partial charge is 0.338 e. The number of carbonyl (C=O) groups is 1. The van der Waals surface area contributed by atoms with Gasteiger partial charge in [-0.05, 0) is 41.8 Å². The molecule has 0 amide bonds. The molecule has 0 spiro atoms. The van der Waals surface area contributed by atoms with Crippen molar-refractivity contribution in [3.8, 4) is 0 Å². The summed E-state index contributed by atoms with van der Waals surface area (Å²) < 4.78 is 6.92. The number of carbonyl (C=O) groups excluding carboxylic acids is 1. The number of nitrogens with one attached hydrogen (secondary N) is 2. The van der Waals surface area contributed by atoms with Crippen molar-refractivity contribution in [2.75, 3.05) is 13.7 Å². The normalized spacial score (nSPS) is 10.8. The lowest BCUT2D eigenvalue weighted by Gasteiger charge is -2.14. The van der Waals surface area contributed by atoms with E-state index >= 15 is 0 Å². The van der Waals surface area contributed by atoms with Crippen LogP contribution in [0.15, 0.2) is 72.0 Å². The zero-order valence-corrected chi connectivity index (χ0v) is 20.1. The standard InChI is InChI=1S/C23H27N5O2.HI/c1-3-30-22(29)19-11-9-18(10-12-19)15-25-23(24-2)26-16-20-7-4-5-8-21(20)17-28-14-6-13-27-28;/h4-14H,3,15-17H2,1-2H3,(H2,24,25,26);1H. The lowest BCUT2D eigenvalue weighted by Crippen LogP contribution is -2.36. The highest BCUT2D eigenvalue weighted by molar-refractivity contribution is 14.0. The van der Waals surface area contributed by atoms with Gasteiger partial charge in [0.15, 0.2) is 5.96 Å². The molecule has 0 aliphatic heterocycles. The maximum absolute atomic E-state index is 11.7. The van der Waals surface area contributed by atoms with Crippen LogP contribution < -0.4 is 10.6 Å². The number of nitrogens with zero attached hydrogens (tertiary/aromatic N) is 3. The summed E-state index contributed by atoms with van der Waals surface area (Å²) in [5, 5.41) is 10.9. The van der Waals surface area contributed by atoms with E-state index in [-0.39, 0.29) is 29.9 Å². The molecule has 2 N–H and O–H groups in total. The van der Waals surface area contributed by atoms with Crippen LogP contribution >= 0.6 is 24.0 Å². The minimum Gasteiger partial charge on any atom is -0.462 e. The molecule has 0 aliphatic rings. The number of ether oxygens (including phenoxy) is 1. The summed E-state index contributed by atoms with van der Waals surface area (Å²) in [5.74, 6) is 0.404. The van der Waals surface area contributed by atoms with Gasteiger partial charge in [-0.1, -0.05) is 36.4 Å². The van der Waals surface area contributed by atoms with Gasteiger partial charge in [-0.2, -0.15) is 5.10 Å². The highest BCUT2D eigenvalue weighted by atomic mass is 127. The summed E-state index contributed by atoms with van der Waals surface area (Å²) in [6, 6.07) is 17.6. The van der Waals surface area contributed by atoms with E-state index in [4.69, 9.17) is 4.74 Å². The number of aliphatic imine (C=N–C) groups is 1. The number of benzene rings is 2. The van der Waals surface area contributed by atoms with Crippen LogP contribution in [-0.2, 0) is 24.4 Å². The quantitative estimate of drug-likeness (QED) is 0.200. The summed E-state index contributed by atoms with van der Waals surface area (Å²) in [4.78, 5) is 16.0. The molecule has 0 atom stereocenters. The average molecular weight is 533 g/mol. The Labute approximate surface area is 199 Å². The molecule has 0 saturated carbocycles. The molecule has 0 fully saturated rings. The fourth-order valence-electron chi connectivity index (χ4n) is 3.01. The van der Waals surface area contributed by atoms with Crippen molar-refractivity contribution in [3.05, 3.63) is 89.2 Å². The predicted octanol–water partition coefficient (Wildman–Crippen LogP) is 3.59. The van der Waals surface area contributed by atoms with Crippen LogP contribution in [0.1, 0.15) is 34.0 Å². The fourth-order valence-corrected chi connectivity index (χ4v) is 3.01. The van der Waals surface area contributed by atoms with E-state index < -0.39 is 0 Å². The Kier molecular flexibility index (Phi) is 10.0. The van der Waals surface area contributed by atoms with Crippen molar-refractivity contribution < 1.29 is 9.53 Å². The largest absolute Gasteiger partial charge is 0.462 e. The lowest BCUT2D eigenvalue weighted by molar-refractivity contribution is 0.0526. The van der Waals surface area contributed by atoms with E-state index in [0.29, 0.717) is 31.2 Å². The number of hydrogen-bond acceptors (Lipinski definition) is 4. The van der Waals surface area contributed by atoms with E-state index in [9.17, 15) is 4.79 Å². The van der Waals surface area contributed by atoms with Crippen LogP contribution in [0.3, 0.4) is 0 Å². The molecule has 2 aromatic carbocycles. The van der Waals surface area contributed by atoms with Crippen molar-refractivity contribution in [3.63, 3.8) is 0 Å². The van der Waals surface area contributed by atoms with Gasteiger partial charge in [-0.15, -0.1) is 24.0 Å². The first-order valence-electron chi connectivity index (χ1n) is 9.94. The fraction of sp³-hybridized carbons (Fsp3) is 0.261. The maximum Gasteiger partial charge on any atom is 0.338 e. The molecule has 0 unspecified atom stereocenters. The maximum atomic E-state index is 11.7. The Morgan fingerprint density at radius 3 is 2.39 bits per heavy atom. The lowest BCUT2D eigenvalue weighted by atomic mass is 10.1. The second kappa shape index (κ2) is 12.7. The Hall–Kier alpha value is -2.88. The Balaban J connectivity index is 0.00000341. The number of aromatic nitrogens is 2. The monoisotopic (exact) mass is 533 g/mol. The summed E-state index contributed by atoms with van der Waals surface area (Å²) >= 11 is 0. The molecule has 1 aromatic heterocycles. The molecule has 8 heteroatoms. The Morgan fingerprint density at radius 2 is 1.74 bits per heavy atom. The Bertz CT molecular complexity index is 972. The van der Waals surface area contributed by atoms with E-state index in [1.807, 2.05) is 41.2 Å². The van der Waals surface area contributed by atoms with Gasteiger partial charge in [0, 0.05) is 32.5 Å². The topological polar surface area (TPSA) is 80.5 Å².